The molecule has 0 amide bonds. The van der Waals surface area contributed by atoms with E-state index in [2.05, 4.69) is 174 Å². The van der Waals surface area contributed by atoms with Crippen molar-refractivity contribution in [2.75, 3.05) is 0 Å². The Hall–Kier alpha value is -2.90. The van der Waals surface area contributed by atoms with Crippen LogP contribution in [-0.4, -0.2) is 3.26 Å². The first kappa shape index (κ1) is 33.0. The number of hydrogen-bond acceptors (Lipinski definition) is 0. The summed E-state index contributed by atoms with van der Waals surface area (Å²) in [7, 11) is 0. The molecule has 2 aliphatic rings. The molecule has 1 heteroatoms. The summed E-state index contributed by atoms with van der Waals surface area (Å²) in [5, 5.41) is 0. The van der Waals surface area contributed by atoms with Crippen LogP contribution in [0.2, 0.25) is 9.36 Å². The zero-order valence-corrected chi connectivity index (χ0v) is 33.6. The Morgan fingerprint density at radius 3 is 1.24 bits per heavy atom. The molecule has 0 fully saturated rings. The summed E-state index contributed by atoms with van der Waals surface area (Å²) in [6.45, 7) is 18.6. The number of fused-ring (bicyclic) bond motifs is 2. The van der Waals surface area contributed by atoms with Gasteiger partial charge in [0, 0.05) is 0 Å². The van der Waals surface area contributed by atoms with Gasteiger partial charge in [-0.25, -0.2) is 0 Å². The van der Waals surface area contributed by atoms with E-state index in [0.29, 0.717) is 7.35 Å². The molecule has 0 N–H and O–H groups in total. The summed E-state index contributed by atoms with van der Waals surface area (Å²) in [4.78, 5) is 0. The predicted octanol–water partition coefficient (Wildman–Crippen LogP) is 13.2. The van der Waals surface area contributed by atoms with Crippen molar-refractivity contribution >= 4 is 15.4 Å². The van der Waals surface area contributed by atoms with Crippen molar-refractivity contribution in [3.63, 3.8) is 0 Å². The van der Waals surface area contributed by atoms with Crippen molar-refractivity contribution in [2.24, 2.45) is 0 Å². The van der Waals surface area contributed by atoms with Crippen LogP contribution >= 0.6 is 0 Å². The first-order valence-electron chi connectivity index (χ1n) is 17.6. The second kappa shape index (κ2) is 11.7. The van der Waals surface area contributed by atoms with Gasteiger partial charge in [0.2, 0.25) is 0 Å². The van der Waals surface area contributed by atoms with E-state index >= 15 is 0 Å². The van der Waals surface area contributed by atoms with E-state index < -0.39 is 18.0 Å². The van der Waals surface area contributed by atoms with Crippen molar-refractivity contribution in [1.82, 2.24) is 0 Å². The molecule has 0 bridgehead atoms. The summed E-state index contributed by atoms with van der Waals surface area (Å²) in [6, 6.07) is 32.8. The van der Waals surface area contributed by atoms with Gasteiger partial charge >= 0.3 is 282 Å². The van der Waals surface area contributed by atoms with Gasteiger partial charge in [-0.1, -0.05) is 0 Å². The van der Waals surface area contributed by atoms with Crippen LogP contribution in [0.1, 0.15) is 109 Å². The molecule has 0 saturated carbocycles. The molecule has 4 aromatic carbocycles. The van der Waals surface area contributed by atoms with Crippen LogP contribution in [0.25, 0.3) is 34.4 Å². The molecule has 46 heavy (non-hydrogen) atoms. The van der Waals surface area contributed by atoms with Gasteiger partial charge < -0.3 is 0 Å². The summed E-state index contributed by atoms with van der Waals surface area (Å²) < 4.78 is 8.39. The van der Waals surface area contributed by atoms with Crippen molar-refractivity contribution in [2.45, 2.75) is 95.8 Å². The normalized spacial score (nSPS) is 17.7. The van der Waals surface area contributed by atoms with Gasteiger partial charge in [0.05, 0.1) is 0 Å². The molecular weight excluding hydrogens is 719 g/mol. The molecule has 0 radical (unpaired) electrons. The summed E-state index contributed by atoms with van der Waals surface area (Å²) >= 11 is -4.01. The molecule has 0 aliphatic heterocycles. The van der Waals surface area contributed by atoms with Crippen LogP contribution < -0.4 is 0 Å². The third-order valence-electron chi connectivity index (χ3n) is 11.9. The topological polar surface area (TPSA) is 0 Å². The fraction of sp³-hybridized carbons (Fsp3) is 0.356. The quantitative estimate of drug-likeness (QED) is 0.171. The van der Waals surface area contributed by atoms with Crippen molar-refractivity contribution in [1.29, 1.82) is 0 Å². The molecule has 0 aromatic heterocycles. The van der Waals surface area contributed by atoms with Gasteiger partial charge in [-0.05, 0) is 0 Å². The minimum absolute atomic E-state index is 0.154. The van der Waals surface area contributed by atoms with Crippen LogP contribution in [0, 0.1) is 0 Å². The average molecular weight is 773 g/mol. The molecule has 4 aromatic rings. The van der Waals surface area contributed by atoms with E-state index in [9.17, 15) is 0 Å². The van der Waals surface area contributed by atoms with E-state index in [1.807, 2.05) is 3.26 Å². The van der Waals surface area contributed by atoms with Crippen LogP contribution in [0.15, 0.2) is 97.1 Å². The minimum atomic E-state index is -4.01. The summed E-state index contributed by atoms with van der Waals surface area (Å²) in [6.07, 6.45) is 12.5. The fourth-order valence-electron chi connectivity index (χ4n) is 9.02. The predicted molar refractivity (Wildman–Crippen MR) is 202 cm³/mol. The molecule has 0 saturated heterocycles. The van der Waals surface area contributed by atoms with Crippen LogP contribution in [0.5, 0.6) is 0 Å². The van der Waals surface area contributed by atoms with E-state index in [0.717, 1.165) is 0 Å². The number of allylic oxidation sites excluding steroid dienone is 2. The zero-order chi connectivity index (χ0) is 33.1. The standard InChI is InChI=1S/2C19H19.C5H10.2CH3.Hf/c2*1-19(2,3)16-12-10-15(11-13-16)18-9-5-7-14-6-4-8-17(14)18;1-3-5-4-2;;;/h2*4-13H,1-3H3;3-4H2,1-2H3;2*1H3;. The first-order chi connectivity index (χ1) is 21.7. The molecule has 6 rings (SSSR count). The Balaban J connectivity index is 1.48. The third kappa shape index (κ3) is 5.35. The maximum atomic E-state index is 2.79. The van der Waals surface area contributed by atoms with Crippen molar-refractivity contribution < 1.29 is 18.0 Å². The number of rotatable bonds is 6. The van der Waals surface area contributed by atoms with E-state index in [1.165, 1.54) is 57.3 Å². The van der Waals surface area contributed by atoms with Gasteiger partial charge in [0.25, 0.3) is 0 Å². The Labute approximate surface area is 280 Å². The Morgan fingerprint density at radius 1 is 0.543 bits per heavy atom. The van der Waals surface area contributed by atoms with Crippen LogP contribution in [-0.2, 0) is 28.8 Å². The average Bonchev–Trinajstić information content (AvgIpc) is 3.67. The Kier molecular flexibility index (Phi) is 8.37. The second-order valence-electron chi connectivity index (χ2n) is 16.9. The molecule has 0 spiro atoms. The van der Waals surface area contributed by atoms with Crippen molar-refractivity contribution in [3.05, 3.63) is 130 Å². The van der Waals surface area contributed by atoms with Gasteiger partial charge in [-0.2, -0.15) is 0 Å². The summed E-state index contributed by atoms with van der Waals surface area (Å²) in [5.74, 6) is 0. The molecule has 0 nitrogen and oxygen atoms in total. The Bertz CT molecular complexity index is 1770. The Morgan fingerprint density at radius 2 is 0.913 bits per heavy atom. The molecule has 2 aliphatic carbocycles. The zero-order valence-electron chi connectivity index (χ0n) is 30.0. The maximum absolute atomic E-state index is 4.01. The van der Waals surface area contributed by atoms with Gasteiger partial charge in [0.15, 0.2) is 0 Å². The van der Waals surface area contributed by atoms with Gasteiger partial charge in [0.1, 0.15) is 0 Å². The van der Waals surface area contributed by atoms with Crippen LogP contribution in [0.3, 0.4) is 0 Å². The first-order valence-corrected chi connectivity index (χ1v) is 30.7. The second-order valence-corrected chi connectivity index (χ2v) is 42.6. The SMILES string of the molecule is CC[C](CC)=[Hf]([CH3])([CH3])([CH]1C=Cc2c(-c3ccc(C(C)(C)C)cc3)cccc21)[CH]1C=Cc2c(-c3ccc(C(C)(C)C)cc3)cccc21. The number of benzene rings is 4. The van der Waals surface area contributed by atoms with Gasteiger partial charge in [-0.15, -0.1) is 0 Å². The van der Waals surface area contributed by atoms with Crippen molar-refractivity contribution in [3.8, 4) is 22.3 Å². The van der Waals surface area contributed by atoms with Gasteiger partial charge in [-0.3, -0.25) is 0 Å². The summed E-state index contributed by atoms with van der Waals surface area (Å²) in [5.41, 5.74) is 14.4. The molecule has 2 atom stereocenters. The van der Waals surface area contributed by atoms with E-state index in [-0.39, 0.29) is 10.8 Å². The molecule has 238 valence electrons. The molecule has 2 unspecified atom stereocenters. The van der Waals surface area contributed by atoms with Crippen LogP contribution in [0.4, 0.5) is 0 Å². The third-order valence-corrected chi connectivity index (χ3v) is 39.8. The van der Waals surface area contributed by atoms with E-state index in [4.69, 9.17) is 0 Å². The fourth-order valence-corrected chi connectivity index (χ4v) is 35.2. The monoisotopic (exact) mass is 774 g/mol. The van der Waals surface area contributed by atoms with E-state index in [1.54, 1.807) is 11.1 Å². The molecular formula is C45H54Hf. The number of hydrogen-bond donors (Lipinski definition) is 0. The molecule has 0 heterocycles.